The molecule has 2 unspecified atom stereocenters. The Morgan fingerprint density at radius 2 is 1.80 bits per heavy atom. The molecule has 4 saturated heterocycles. The number of fused-ring (bicyclic) bond motifs is 3. The molecule has 4 aliphatic heterocycles. The number of carbonyl (C=O) groups excluding carboxylic acids is 2. The summed E-state index contributed by atoms with van der Waals surface area (Å²) in [6.45, 7) is 3.20. The summed E-state index contributed by atoms with van der Waals surface area (Å²) in [4.78, 5) is 54.4. The summed E-state index contributed by atoms with van der Waals surface area (Å²) < 4.78 is 62.2. The van der Waals surface area contributed by atoms with Gasteiger partial charge in [-0.2, -0.15) is 22.7 Å². The van der Waals surface area contributed by atoms with Crippen molar-refractivity contribution in [2.24, 2.45) is 0 Å². The lowest BCUT2D eigenvalue weighted by molar-refractivity contribution is -0.137. The zero-order valence-electron chi connectivity index (χ0n) is 26.2. The quantitative estimate of drug-likeness (QED) is 0.278. The van der Waals surface area contributed by atoms with Gasteiger partial charge in [0.2, 0.25) is 17.6 Å². The molecule has 4 aromatic rings. The SMILES string of the molecule is CCc1c(N2CCN(C(=O)c3ncccc3O)CC2)c(=O)n2nc(N3CC4CC(C3)O4)nc2n1CC(=O)Nc1ccc(C(F)(F)F)cc1F. The van der Waals surface area contributed by atoms with Crippen LogP contribution in [0.15, 0.2) is 41.3 Å². The molecule has 0 saturated carbocycles. The number of amides is 2. The number of rotatable bonds is 7. The molecule has 2 bridgehead atoms. The van der Waals surface area contributed by atoms with E-state index in [9.17, 15) is 37.1 Å². The summed E-state index contributed by atoms with van der Waals surface area (Å²) in [5, 5.41) is 17.0. The average molecular weight is 686 g/mol. The molecule has 0 spiro atoms. The Morgan fingerprint density at radius 1 is 1.08 bits per heavy atom. The van der Waals surface area contributed by atoms with Gasteiger partial charge in [0.05, 0.1) is 29.2 Å². The molecular weight excluding hydrogens is 654 g/mol. The highest BCUT2D eigenvalue weighted by molar-refractivity contribution is 5.95. The number of piperidine rings is 1. The maximum atomic E-state index is 14.6. The first-order valence-electron chi connectivity index (χ1n) is 15.7. The first-order chi connectivity index (χ1) is 23.4. The summed E-state index contributed by atoms with van der Waals surface area (Å²) in [5.41, 5.74) is -1.55. The van der Waals surface area contributed by atoms with E-state index in [1.54, 1.807) is 11.8 Å². The van der Waals surface area contributed by atoms with Crippen LogP contribution >= 0.6 is 0 Å². The number of hydrogen-bond donors (Lipinski definition) is 2. The topological polar surface area (TPSA) is 150 Å². The number of nitrogens with zero attached hydrogens (tertiary/aromatic N) is 8. The van der Waals surface area contributed by atoms with Gasteiger partial charge in [0, 0.05) is 51.9 Å². The Bertz CT molecular complexity index is 1990. The van der Waals surface area contributed by atoms with Gasteiger partial charge in [-0.1, -0.05) is 6.92 Å². The highest BCUT2D eigenvalue weighted by atomic mass is 19.4. The molecule has 3 aromatic heterocycles. The van der Waals surface area contributed by atoms with Crippen molar-refractivity contribution in [1.29, 1.82) is 0 Å². The van der Waals surface area contributed by atoms with Gasteiger partial charge >= 0.3 is 6.18 Å². The fourth-order valence-electron chi connectivity index (χ4n) is 6.54. The summed E-state index contributed by atoms with van der Waals surface area (Å²) in [7, 11) is 0. The van der Waals surface area contributed by atoms with E-state index in [2.05, 4.69) is 20.4 Å². The minimum absolute atomic E-state index is 0.0161. The summed E-state index contributed by atoms with van der Waals surface area (Å²) in [5.74, 6) is -2.41. The van der Waals surface area contributed by atoms with E-state index in [0.717, 1.165) is 17.0 Å². The number of benzene rings is 1. The third kappa shape index (κ3) is 6.00. The van der Waals surface area contributed by atoms with E-state index < -0.39 is 47.2 Å². The maximum Gasteiger partial charge on any atom is 0.416 e. The average Bonchev–Trinajstić information content (AvgIpc) is 3.52. The van der Waals surface area contributed by atoms with Gasteiger partial charge < -0.3 is 34.4 Å². The normalized spacial score (nSPS) is 19.2. The van der Waals surface area contributed by atoms with Crippen LogP contribution in [0.3, 0.4) is 0 Å². The number of piperazine rings is 1. The molecule has 49 heavy (non-hydrogen) atoms. The number of carbonyl (C=O) groups is 2. The number of halogens is 4. The molecule has 2 N–H and O–H groups in total. The number of aromatic nitrogens is 5. The molecule has 14 nitrogen and oxygen atoms in total. The minimum Gasteiger partial charge on any atom is -0.505 e. The second-order valence-electron chi connectivity index (χ2n) is 12.1. The van der Waals surface area contributed by atoms with E-state index in [1.807, 2.05) is 4.90 Å². The third-order valence-electron chi connectivity index (χ3n) is 8.94. The second-order valence-corrected chi connectivity index (χ2v) is 12.1. The van der Waals surface area contributed by atoms with Gasteiger partial charge in [0.1, 0.15) is 23.8 Å². The summed E-state index contributed by atoms with van der Waals surface area (Å²) >= 11 is 0. The number of pyridine rings is 1. The van der Waals surface area contributed by atoms with Crippen LogP contribution in [-0.2, 0) is 28.7 Å². The Morgan fingerprint density at radius 3 is 2.43 bits per heavy atom. The van der Waals surface area contributed by atoms with Crippen molar-refractivity contribution in [1.82, 2.24) is 29.0 Å². The van der Waals surface area contributed by atoms with Crippen molar-refractivity contribution in [2.75, 3.05) is 54.4 Å². The van der Waals surface area contributed by atoms with Crippen molar-refractivity contribution in [3.63, 3.8) is 0 Å². The Hall–Kier alpha value is -5.26. The molecule has 18 heteroatoms. The van der Waals surface area contributed by atoms with Crippen LogP contribution < -0.4 is 20.7 Å². The van der Waals surface area contributed by atoms with E-state index >= 15 is 0 Å². The third-order valence-corrected chi connectivity index (χ3v) is 8.94. The van der Waals surface area contributed by atoms with Crippen molar-refractivity contribution in [2.45, 2.75) is 44.7 Å². The zero-order valence-corrected chi connectivity index (χ0v) is 26.2. The van der Waals surface area contributed by atoms with Gasteiger partial charge in [-0.15, -0.1) is 5.10 Å². The Labute approximate surface area is 275 Å². The van der Waals surface area contributed by atoms with Crippen molar-refractivity contribution >= 4 is 34.9 Å². The molecule has 2 atom stereocenters. The van der Waals surface area contributed by atoms with E-state index in [1.165, 1.54) is 27.8 Å². The highest BCUT2D eigenvalue weighted by Crippen LogP contribution is 2.32. The first-order valence-corrected chi connectivity index (χ1v) is 15.7. The molecular formula is C31H31F4N9O5. The van der Waals surface area contributed by atoms with E-state index in [4.69, 9.17) is 4.74 Å². The molecule has 2 amide bonds. The molecule has 1 aromatic carbocycles. The number of aromatic hydroxyl groups is 1. The lowest BCUT2D eigenvalue weighted by Gasteiger charge is -2.46. The van der Waals surface area contributed by atoms with Gasteiger partial charge in [-0.3, -0.25) is 14.4 Å². The van der Waals surface area contributed by atoms with Gasteiger partial charge in [0.15, 0.2) is 5.69 Å². The molecule has 4 fully saturated rings. The molecule has 8 rings (SSSR count). The predicted molar refractivity (Wildman–Crippen MR) is 166 cm³/mol. The van der Waals surface area contributed by atoms with Crippen LogP contribution in [0.25, 0.3) is 5.78 Å². The van der Waals surface area contributed by atoms with Crippen LogP contribution in [0.1, 0.15) is 35.1 Å². The Balaban J connectivity index is 1.22. The maximum absolute atomic E-state index is 14.6. The highest BCUT2D eigenvalue weighted by Gasteiger charge is 2.40. The van der Waals surface area contributed by atoms with E-state index in [0.29, 0.717) is 30.9 Å². The lowest BCUT2D eigenvalue weighted by Crippen LogP contribution is -2.57. The summed E-state index contributed by atoms with van der Waals surface area (Å²) in [6, 6.07) is 4.70. The monoisotopic (exact) mass is 685 g/mol. The van der Waals surface area contributed by atoms with Crippen molar-refractivity contribution < 1.29 is 37.0 Å². The fraction of sp³-hybridized carbons (Fsp3) is 0.419. The van der Waals surface area contributed by atoms with Crippen LogP contribution in [-0.4, -0.2) is 97.4 Å². The first kappa shape index (κ1) is 32.3. The second kappa shape index (κ2) is 12.3. The predicted octanol–water partition coefficient (Wildman–Crippen LogP) is 2.29. The number of hydrogen-bond acceptors (Lipinski definition) is 10. The van der Waals surface area contributed by atoms with E-state index in [-0.39, 0.29) is 73.7 Å². The molecule has 0 aliphatic carbocycles. The van der Waals surface area contributed by atoms with Crippen LogP contribution in [0.4, 0.5) is 34.9 Å². The summed E-state index contributed by atoms with van der Waals surface area (Å²) in [6.07, 6.45) is -2.15. The van der Waals surface area contributed by atoms with Crippen molar-refractivity contribution in [3.8, 4) is 5.75 Å². The molecule has 0 radical (unpaired) electrons. The van der Waals surface area contributed by atoms with Crippen molar-refractivity contribution in [3.05, 3.63) is 69.7 Å². The van der Waals surface area contributed by atoms with Crippen LogP contribution in [0.5, 0.6) is 5.75 Å². The number of ether oxygens (including phenoxy) is 1. The zero-order chi connectivity index (χ0) is 34.6. The van der Waals surface area contributed by atoms with Crippen LogP contribution in [0.2, 0.25) is 0 Å². The smallest absolute Gasteiger partial charge is 0.416 e. The Kier molecular flexibility index (Phi) is 8.12. The number of morpholine rings is 1. The number of anilines is 3. The number of alkyl halides is 3. The van der Waals surface area contributed by atoms with Crippen LogP contribution in [0, 0.1) is 5.82 Å². The number of nitrogens with one attached hydrogen (secondary N) is 1. The fourth-order valence-corrected chi connectivity index (χ4v) is 6.54. The molecule has 7 heterocycles. The van der Waals surface area contributed by atoms with Gasteiger partial charge in [0.25, 0.3) is 11.5 Å². The molecule has 4 aliphatic rings. The standard InChI is InChI=1S/C31H31F4N9O5/c1-2-22-26(40-8-10-41(11-9-40)27(47)25-23(45)4-3-7-36-25)28(48)44-30(38-29(39-44)42-14-18-13-19(15-42)49-18)43(22)16-24(46)37-21-6-5-17(12-20(21)32)31(33,34)35/h3-7,12,18-19,45H,2,8-11,13-16H2,1H3,(H,37,46). The lowest BCUT2D eigenvalue weighted by atomic mass is 9.99. The van der Waals surface area contributed by atoms with Gasteiger partial charge in [-0.25, -0.2) is 9.37 Å². The molecule has 258 valence electrons. The minimum atomic E-state index is -4.76. The van der Waals surface area contributed by atoms with Gasteiger partial charge in [-0.05, 0) is 36.8 Å². The largest absolute Gasteiger partial charge is 0.505 e.